The van der Waals surface area contributed by atoms with E-state index in [1.54, 1.807) is 24.4 Å². The molecule has 0 aliphatic carbocycles. The summed E-state index contributed by atoms with van der Waals surface area (Å²) in [6.07, 6.45) is 3.25. The fourth-order valence-electron chi connectivity index (χ4n) is 4.56. The normalized spacial score (nSPS) is 16.2. The molecule has 1 aromatic carbocycles. The van der Waals surface area contributed by atoms with Crippen molar-refractivity contribution in [3.8, 4) is 0 Å². The van der Waals surface area contributed by atoms with Gasteiger partial charge in [-0.2, -0.15) is 0 Å². The lowest BCUT2D eigenvalue weighted by atomic mass is 9.89. The van der Waals surface area contributed by atoms with Crippen molar-refractivity contribution in [2.45, 2.75) is 25.7 Å². The van der Waals surface area contributed by atoms with Gasteiger partial charge in [0.1, 0.15) is 5.52 Å². The quantitative estimate of drug-likeness (QED) is 0.616. The van der Waals surface area contributed by atoms with Crippen LogP contribution in [0.25, 0.3) is 16.5 Å². The lowest BCUT2D eigenvalue weighted by molar-refractivity contribution is 0.0690. The summed E-state index contributed by atoms with van der Waals surface area (Å²) in [5.41, 5.74) is 3.60. The van der Waals surface area contributed by atoms with Gasteiger partial charge >= 0.3 is 5.97 Å². The van der Waals surface area contributed by atoms with Gasteiger partial charge in [-0.15, -0.1) is 0 Å². The molecular weight excluding hydrogens is 414 g/mol. The average Bonchev–Trinajstić information content (AvgIpc) is 2.82. The number of hydrogen-bond donors (Lipinski definition) is 2. The molecule has 0 saturated heterocycles. The molecule has 2 aromatic heterocycles. The van der Waals surface area contributed by atoms with Gasteiger partial charge in [-0.3, -0.25) is 4.98 Å². The van der Waals surface area contributed by atoms with Crippen LogP contribution in [-0.4, -0.2) is 40.7 Å². The van der Waals surface area contributed by atoms with Crippen LogP contribution in [0.4, 0.5) is 20.3 Å². The molecule has 164 valence electrons. The SMILES string of the molecule is O=C(O)c1cc2cccnc2c(N2CCCc3cc(C4=CCNCC4)c(C(F)F)cc32)n1. The number of halogens is 2. The zero-order chi connectivity index (χ0) is 22.2. The second-order valence-electron chi connectivity index (χ2n) is 8.02. The molecule has 0 atom stereocenters. The molecular formula is C24H22F2N4O2. The van der Waals surface area contributed by atoms with E-state index >= 15 is 0 Å². The molecule has 32 heavy (non-hydrogen) atoms. The first kappa shape index (κ1) is 20.5. The van der Waals surface area contributed by atoms with E-state index in [-0.39, 0.29) is 11.3 Å². The monoisotopic (exact) mass is 436 g/mol. The van der Waals surface area contributed by atoms with Crippen molar-refractivity contribution < 1.29 is 18.7 Å². The summed E-state index contributed by atoms with van der Waals surface area (Å²) >= 11 is 0. The van der Waals surface area contributed by atoms with E-state index in [0.717, 1.165) is 30.5 Å². The molecule has 0 radical (unpaired) electrons. The van der Waals surface area contributed by atoms with Crippen LogP contribution in [0.3, 0.4) is 0 Å². The van der Waals surface area contributed by atoms with Crippen molar-refractivity contribution in [3.63, 3.8) is 0 Å². The lowest BCUT2D eigenvalue weighted by Gasteiger charge is -2.32. The third-order valence-corrected chi connectivity index (χ3v) is 6.06. The van der Waals surface area contributed by atoms with E-state index < -0.39 is 12.4 Å². The third kappa shape index (κ3) is 3.60. The Kier molecular flexibility index (Phi) is 5.30. The maximum Gasteiger partial charge on any atom is 0.354 e. The molecule has 2 aliphatic rings. The first-order valence-electron chi connectivity index (χ1n) is 10.6. The summed E-state index contributed by atoms with van der Waals surface area (Å²) in [5.74, 6) is -0.758. The Morgan fingerprint density at radius 1 is 1.22 bits per heavy atom. The summed E-state index contributed by atoms with van der Waals surface area (Å²) in [7, 11) is 0. The van der Waals surface area contributed by atoms with Crippen LogP contribution in [-0.2, 0) is 6.42 Å². The molecule has 8 heteroatoms. The van der Waals surface area contributed by atoms with E-state index in [9.17, 15) is 18.7 Å². The fourth-order valence-corrected chi connectivity index (χ4v) is 4.56. The number of hydrogen-bond acceptors (Lipinski definition) is 5. The van der Waals surface area contributed by atoms with Gasteiger partial charge in [-0.05, 0) is 66.8 Å². The molecule has 2 aliphatic heterocycles. The Balaban J connectivity index is 1.70. The summed E-state index contributed by atoms with van der Waals surface area (Å²) in [5, 5.41) is 13.4. The van der Waals surface area contributed by atoms with Crippen molar-refractivity contribution in [1.82, 2.24) is 15.3 Å². The fraction of sp³-hybridized carbons (Fsp3) is 0.292. The molecule has 0 spiro atoms. The molecule has 0 saturated carbocycles. The molecule has 3 aromatic rings. The van der Waals surface area contributed by atoms with Crippen molar-refractivity contribution >= 4 is 34.0 Å². The number of fused-ring (bicyclic) bond motifs is 2. The Bertz CT molecular complexity index is 1240. The number of alkyl halides is 2. The van der Waals surface area contributed by atoms with E-state index in [2.05, 4.69) is 15.3 Å². The number of rotatable bonds is 4. The van der Waals surface area contributed by atoms with Gasteiger partial charge in [0.2, 0.25) is 0 Å². The van der Waals surface area contributed by atoms with E-state index in [0.29, 0.717) is 47.5 Å². The van der Waals surface area contributed by atoms with Crippen molar-refractivity contribution in [3.05, 3.63) is 65.0 Å². The summed E-state index contributed by atoms with van der Waals surface area (Å²) in [6.45, 7) is 1.98. The molecule has 4 heterocycles. The molecule has 0 bridgehead atoms. The largest absolute Gasteiger partial charge is 0.477 e. The van der Waals surface area contributed by atoms with Crippen molar-refractivity contribution in [2.75, 3.05) is 24.5 Å². The van der Waals surface area contributed by atoms with Gasteiger partial charge in [0.15, 0.2) is 11.5 Å². The van der Waals surface area contributed by atoms with Crippen LogP contribution in [0.1, 0.15) is 46.4 Å². The number of nitrogens with one attached hydrogen (secondary N) is 1. The van der Waals surface area contributed by atoms with E-state index in [1.807, 2.05) is 17.0 Å². The van der Waals surface area contributed by atoms with Crippen LogP contribution >= 0.6 is 0 Å². The number of aromatic nitrogens is 2. The molecule has 0 unspecified atom stereocenters. The van der Waals surface area contributed by atoms with Gasteiger partial charge in [0.05, 0.1) is 0 Å². The minimum Gasteiger partial charge on any atom is -0.477 e. The topological polar surface area (TPSA) is 78.3 Å². The van der Waals surface area contributed by atoms with Crippen LogP contribution in [0.5, 0.6) is 0 Å². The molecule has 5 rings (SSSR count). The zero-order valence-electron chi connectivity index (χ0n) is 17.3. The summed E-state index contributed by atoms with van der Waals surface area (Å²) in [6, 6.07) is 8.44. The maximum absolute atomic E-state index is 14.1. The van der Waals surface area contributed by atoms with Crippen LogP contribution in [0, 0.1) is 0 Å². The minimum absolute atomic E-state index is 0.00421. The second-order valence-corrected chi connectivity index (χ2v) is 8.02. The van der Waals surface area contributed by atoms with E-state index in [4.69, 9.17) is 0 Å². The second kappa shape index (κ2) is 8.27. The molecule has 2 N–H and O–H groups in total. The van der Waals surface area contributed by atoms with Crippen LogP contribution in [0.2, 0.25) is 0 Å². The predicted molar refractivity (Wildman–Crippen MR) is 119 cm³/mol. The van der Waals surface area contributed by atoms with Crippen molar-refractivity contribution in [1.29, 1.82) is 0 Å². The Morgan fingerprint density at radius 3 is 2.84 bits per heavy atom. The van der Waals surface area contributed by atoms with E-state index in [1.165, 1.54) is 6.07 Å². The number of nitrogens with zero attached hydrogens (tertiary/aromatic N) is 3. The number of carboxylic acids is 1. The highest BCUT2D eigenvalue weighted by Gasteiger charge is 2.27. The van der Waals surface area contributed by atoms with Crippen LogP contribution in [0.15, 0.2) is 42.6 Å². The highest BCUT2D eigenvalue weighted by Crippen LogP contribution is 2.41. The zero-order valence-corrected chi connectivity index (χ0v) is 17.3. The number of aryl methyl sites for hydroxylation is 1. The smallest absolute Gasteiger partial charge is 0.354 e. The number of carboxylic acid groups (broad SMARTS) is 1. The van der Waals surface area contributed by atoms with Gasteiger partial charge in [-0.1, -0.05) is 12.1 Å². The van der Waals surface area contributed by atoms with Gasteiger partial charge in [0, 0.05) is 35.9 Å². The highest BCUT2D eigenvalue weighted by atomic mass is 19.3. The highest BCUT2D eigenvalue weighted by molar-refractivity contribution is 5.97. The Labute approximate surface area is 183 Å². The maximum atomic E-state index is 14.1. The van der Waals surface area contributed by atoms with Crippen molar-refractivity contribution in [2.24, 2.45) is 0 Å². The molecule has 0 fully saturated rings. The summed E-state index contributed by atoms with van der Waals surface area (Å²) < 4.78 is 28.3. The number of benzene rings is 1. The predicted octanol–water partition coefficient (Wildman–Crippen LogP) is 4.73. The van der Waals surface area contributed by atoms with Crippen LogP contribution < -0.4 is 10.2 Å². The number of carbonyl (C=O) groups is 1. The first-order chi connectivity index (χ1) is 15.5. The minimum atomic E-state index is -2.62. The standard InChI is InChI=1S/C24H22F2N4O2/c25-22(26)18-13-20-15(11-17(18)14-5-8-27-9-6-14)4-2-10-30(20)23-21-16(3-1-7-28-21)12-19(29-23)24(31)32/h1,3,5,7,11-13,22,27H,2,4,6,8-10H2,(H,31,32). The van der Waals surface area contributed by atoms with Gasteiger partial charge in [0.25, 0.3) is 6.43 Å². The first-order valence-corrected chi connectivity index (χ1v) is 10.6. The number of aromatic carboxylic acids is 1. The molecule has 0 amide bonds. The average molecular weight is 436 g/mol. The van der Waals surface area contributed by atoms with Gasteiger partial charge in [-0.25, -0.2) is 18.6 Å². The van der Waals surface area contributed by atoms with Gasteiger partial charge < -0.3 is 15.3 Å². The summed E-state index contributed by atoms with van der Waals surface area (Å²) in [4.78, 5) is 22.3. The number of pyridine rings is 2. The third-order valence-electron chi connectivity index (χ3n) is 6.06. The Hall–Kier alpha value is -3.39. The number of anilines is 2. The lowest BCUT2D eigenvalue weighted by Crippen LogP contribution is -2.27. The molecule has 6 nitrogen and oxygen atoms in total. The Morgan fingerprint density at radius 2 is 2.09 bits per heavy atom.